The van der Waals surface area contributed by atoms with E-state index in [1.165, 1.54) is 25.5 Å². The molecule has 0 bridgehead atoms. The maximum Gasteiger partial charge on any atom is 0.335 e. The first-order chi connectivity index (χ1) is 14.4. The normalized spacial score (nSPS) is 16.3. The Labute approximate surface area is 174 Å². The molecule has 0 aliphatic carbocycles. The van der Waals surface area contributed by atoms with Crippen LogP contribution in [0, 0.1) is 5.82 Å². The number of amidine groups is 1. The zero-order valence-electron chi connectivity index (χ0n) is 15.5. The number of methoxy groups -OCH3 is 1. The lowest BCUT2D eigenvalue weighted by molar-refractivity contribution is -0.135. The number of amides is 1. The fourth-order valence-electron chi connectivity index (χ4n) is 2.42. The highest BCUT2D eigenvalue weighted by Gasteiger charge is 2.25. The van der Waals surface area contributed by atoms with Crippen molar-refractivity contribution in [3.63, 3.8) is 0 Å². The quantitative estimate of drug-likeness (QED) is 0.328. The second-order valence-electron chi connectivity index (χ2n) is 5.86. The summed E-state index contributed by atoms with van der Waals surface area (Å²) in [7, 11) is 1.21. The van der Waals surface area contributed by atoms with E-state index in [2.05, 4.69) is 20.3 Å². The van der Waals surface area contributed by atoms with Gasteiger partial charge in [0.05, 0.1) is 23.8 Å². The Morgan fingerprint density at radius 1 is 1.20 bits per heavy atom. The van der Waals surface area contributed by atoms with Gasteiger partial charge < -0.3 is 9.84 Å². The van der Waals surface area contributed by atoms with Crippen molar-refractivity contribution in [1.82, 2.24) is 5.32 Å². The molecule has 2 aromatic rings. The highest BCUT2D eigenvalue weighted by molar-refractivity contribution is 8.18. The van der Waals surface area contributed by atoms with Gasteiger partial charge in [0.15, 0.2) is 5.17 Å². The molecule has 1 aliphatic heterocycles. The van der Waals surface area contributed by atoms with Crippen molar-refractivity contribution in [2.45, 2.75) is 0 Å². The Kier molecular flexibility index (Phi) is 6.38. The first-order valence-electron chi connectivity index (χ1n) is 8.40. The van der Waals surface area contributed by atoms with Gasteiger partial charge in [-0.1, -0.05) is 30.3 Å². The van der Waals surface area contributed by atoms with E-state index >= 15 is 0 Å². The van der Waals surface area contributed by atoms with Gasteiger partial charge in [-0.3, -0.25) is 10.1 Å². The Bertz CT molecular complexity index is 1110. The molecule has 1 heterocycles. The monoisotopic (exact) mass is 427 g/mol. The number of benzene rings is 2. The van der Waals surface area contributed by atoms with E-state index in [4.69, 9.17) is 5.11 Å². The number of aromatic carboxylic acids is 1. The number of nitrogens with zero attached hydrogens (tertiary/aromatic N) is 2. The first-order valence-corrected chi connectivity index (χ1v) is 9.22. The van der Waals surface area contributed by atoms with Gasteiger partial charge in [-0.2, -0.15) is 5.10 Å². The predicted octanol–water partition coefficient (Wildman–Crippen LogP) is 2.80. The van der Waals surface area contributed by atoms with E-state index in [-0.39, 0.29) is 21.2 Å². The van der Waals surface area contributed by atoms with E-state index in [0.717, 1.165) is 23.9 Å². The molecule has 1 amide bonds. The van der Waals surface area contributed by atoms with Gasteiger partial charge in [-0.25, -0.2) is 14.0 Å². The molecular weight excluding hydrogens is 413 g/mol. The number of nitrogens with one attached hydrogen (secondary N) is 1. The third-order valence-corrected chi connectivity index (χ3v) is 4.79. The number of carboxylic acid groups (broad SMARTS) is 1. The summed E-state index contributed by atoms with van der Waals surface area (Å²) in [5, 5.41) is 19.4. The molecule has 8 nitrogen and oxygen atoms in total. The molecule has 152 valence electrons. The minimum absolute atomic E-state index is 0.124. The van der Waals surface area contributed by atoms with Gasteiger partial charge in [0.1, 0.15) is 5.82 Å². The fraction of sp³-hybridized carbons (Fsp3) is 0.0500. The van der Waals surface area contributed by atoms with Crippen molar-refractivity contribution in [2.24, 2.45) is 10.2 Å². The molecule has 0 unspecified atom stereocenters. The summed E-state index contributed by atoms with van der Waals surface area (Å²) < 4.78 is 18.6. The average molecular weight is 427 g/mol. The average Bonchev–Trinajstić information content (AvgIpc) is 3.07. The summed E-state index contributed by atoms with van der Waals surface area (Å²) in [5.41, 5.74) is 1.40. The fourth-order valence-corrected chi connectivity index (χ4v) is 3.16. The number of halogens is 1. The third kappa shape index (κ3) is 4.97. The molecule has 0 spiro atoms. The molecule has 2 N–H and O–H groups in total. The number of hydrogen-bond donors (Lipinski definition) is 2. The zero-order chi connectivity index (χ0) is 21.7. The highest BCUT2D eigenvalue weighted by atomic mass is 32.2. The number of carboxylic acids is 1. The van der Waals surface area contributed by atoms with Crippen LogP contribution in [0.2, 0.25) is 0 Å². The van der Waals surface area contributed by atoms with E-state index in [1.54, 1.807) is 24.3 Å². The van der Waals surface area contributed by atoms with Crippen LogP contribution in [0.1, 0.15) is 15.9 Å². The van der Waals surface area contributed by atoms with E-state index in [9.17, 15) is 18.8 Å². The summed E-state index contributed by atoms with van der Waals surface area (Å²) in [6, 6.07) is 10.4. The molecule has 0 aromatic heterocycles. The molecule has 1 fully saturated rings. The summed E-state index contributed by atoms with van der Waals surface area (Å²) in [6.07, 6.45) is 2.50. The van der Waals surface area contributed by atoms with Crippen LogP contribution in [0.3, 0.4) is 0 Å². The lowest BCUT2D eigenvalue weighted by Crippen LogP contribution is -2.19. The van der Waals surface area contributed by atoms with Crippen molar-refractivity contribution in [2.75, 3.05) is 7.11 Å². The number of esters is 1. The van der Waals surface area contributed by atoms with Crippen molar-refractivity contribution in [3.05, 3.63) is 70.4 Å². The summed E-state index contributed by atoms with van der Waals surface area (Å²) in [5.74, 6) is -2.95. The van der Waals surface area contributed by atoms with Crippen molar-refractivity contribution >= 4 is 41.0 Å². The van der Waals surface area contributed by atoms with Crippen LogP contribution in [-0.4, -0.2) is 41.4 Å². The number of rotatable bonds is 5. The number of ether oxygens (including phenoxy) is 1. The summed E-state index contributed by atoms with van der Waals surface area (Å²) in [4.78, 5) is 34.0. The number of hydrogen-bond acceptors (Lipinski definition) is 7. The topological polar surface area (TPSA) is 117 Å². The standard InChI is InChI=1S/C20H14FN3O5S/c1-29-17(25)9-16-18(26)23-20(30-16)24-22-10-11-2-4-12(5-3-11)14-7-6-13(19(27)28)8-15(14)21/h2-10H,1H3,(H,27,28)(H,23,24,26)/b16-9+,22-10?. The number of thioether (sulfide) groups is 1. The minimum atomic E-state index is -1.20. The van der Waals surface area contributed by atoms with Crippen molar-refractivity contribution in [1.29, 1.82) is 0 Å². The molecule has 2 aromatic carbocycles. The second-order valence-corrected chi connectivity index (χ2v) is 6.89. The molecule has 30 heavy (non-hydrogen) atoms. The molecular formula is C20H14FN3O5S. The van der Waals surface area contributed by atoms with Crippen LogP contribution < -0.4 is 5.32 Å². The first kappa shape index (κ1) is 20.9. The van der Waals surface area contributed by atoms with Crippen molar-refractivity contribution in [3.8, 4) is 11.1 Å². The molecule has 10 heteroatoms. The van der Waals surface area contributed by atoms with Crippen LogP contribution in [-0.2, 0) is 14.3 Å². The Balaban J connectivity index is 1.69. The van der Waals surface area contributed by atoms with Gasteiger partial charge in [0.2, 0.25) is 0 Å². The lowest BCUT2D eigenvalue weighted by Gasteiger charge is -2.05. The largest absolute Gasteiger partial charge is 0.478 e. The third-order valence-electron chi connectivity index (χ3n) is 3.89. The van der Waals surface area contributed by atoms with E-state index < -0.39 is 23.7 Å². The molecule has 0 radical (unpaired) electrons. The van der Waals surface area contributed by atoms with Gasteiger partial charge in [0.25, 0.3) is 5.91 Å². The zero-order valence-corrected chi connectivity index (χ0v) is 16.3. The van der Waals surface area contributed by atoms with Crippen molar-refractivity contribution < 1.29 is 28.6 Å². The molecule has 1 aliphatic rings. The van der Waals surface area contributed by atoms with Gasteiger partial charge in [-0.05, 0) is 35.0 Å². The molecule has 0 saturated carbocycles. The maximum absolute atomic E-state index is 14.2. The van der Waals surface area contributed by atoms with E-state index in [1.807, 2.05) is 0 Å². The van der Waals surface area contributed by atoms with Gasteiger partial charge in [0, 0.05) is 11.6 Å². The van der Waals surface area contributed by atoms with Crippen LogP contribution >= 0.6 is 11.8 Å². The maximum atomic E-state index is 14.2. The Morgan fingerprint density at radius 3 is 2.57 bits per heavy atom. The minimum Gasteiger partial charge on any atom is -0.478 e. The highest BCUT2D eigenvalue weighted by Crippen LogP contribution is 2.25. The lowest BCUT2D eigenvalue weighted by atomic mass is 10.0. The second kappa shape index (κ2) is 9.14. The number of carbonyl (C=O) groups is 3. The summed E-state index contributed by atoms with van der Waals surface area (Å²) in [6.45, 7) is 0. The SMILES string of the molecule is COC(=O)/C=C1/S/C(=N\N=Cc2ccc(-c3ccc(C(=O)O)cc3F)cc2)NC1=O. The Morgan fingerprint density at radius 2 is 1.93 bits per heavy atom. The van der Waals surface area contributed by atoms with E-state index in [0.29, 0.717) is 11.1 Å². The Hall–Kier alpha value is -3.79. The van der Waals surface area contributed by atoms with Crippen LogP contribution in [0.15, 0.2) is 63.6 Å². The predicted molar refractivity (Wildman–Crippen MR) is 110 cm³/mol. The van der Waals surface area contributed by atoms with Crippen LogP contribution in [0.25, 0.3) is 11.1 Å². The van der Waals surface area contributed by atoms with Gasteiger partial charge >= 0.3 is 11.9 Å². The number of carbonyl (C=O) groups excluding carboxylic acids is 2. The van der Waals surface area contributed by atoms with Gasteiger partial charge in [-0.15, -0.1) is 5.10 Å². The smallest absolute Gasteiger partial charge is 0.335 e. The van der Waals surface area contributed by atoms with Crippen LogP contribution in [0.5, 0.6) is 0 Å². The molecule has 1 saturated heterocycles. The molecule has 3 rings (SSSR count). The molecule has 0 atom stereocenters. The summed E-state index contributed by atoms with van der Waals surface area (Å²) >= 11 is 0.954. The van der Waals surface area contributed by atoms with Crippen LogP contribution in [0.4, 0.5) is 4.39 Å².